The van der Waals surface area contributed by atoms with Gasteiger partial charge in [-0.25, -0.2) is 0 Å². The molecule has 7 heteroatoms. The molecule has 0 saturated carbocycles. The van der Waals surface area contributed by atoms with Crippen molar-refractivity contribution in [3.05, 3.63) is 57.4 Å². The summed E-state index contributed by atoms with van der Waals surface area (Å²) in [5.74, 6) is 1.07. The van der Waals surface area contributed by atoms with E-state index < -0.39 is 0 Å². The van der Waals surface area contributed by atoms with E-state index in [0.717, 1.165) is 16.5 Å². The average molecular weight is 439 g/mol. The summed E-state index contributed by atoms with van der Waals surface area (Å²) in [5.41, 5.74) is 3.27. The molecule has 0 aliphatic carbocycles. The van der Waals surface area contributed by atoms with Crippen LogP contribution < -0.4 is 25.1 Å². The van der Waals surface area contributed by atoms with E-state index in [4.69, 9.17) is 14.2 Å². The van der Waals surface area contributed by atoms with Gasteiger partial charge in [0, 0.05) is 22.2 Å². The van der Waals surface area contributed by atoms with Crippen LogP contribution in [0.3, 0.4) is 0 Å². The van der Waals surface area contributed by atoms with E-state index in [9.17, 15) is 9.59 Å². The number of amides is 1. The largest absolute Gasteiger partial charge is 0.490 e. The SMILES string of the molecule is CCOc1cc(C(=O)Nc2ccc3c(C)c(CC)c(=O)[nH]c3c2)cc(OCC)c1OCC. The number of aromatic nitrogens is 1. The number of nitrogens with one attached hydrogen (secondary N) is 2. The minimum Gasteiger partial charge on any atom is -0.490 e. The highest BCUT2D eigenvalue weighted by molar-refractivity contribution is 6.06. The second kappa shape index (κ2) is 10.2. The minimum atomic E-state index is -0.321. The number of pyridine rings is 1. The molecule has 1 aromatic heterocycles. The van der Waals surface area contributed by atoms with Crippen molar-refractivity contribution >= 4 is 22.5 Å². The summed E-state index contributed by atoms with van der Waals surface area (Å²) < 4.78 is 17.1. The van der Waals surface area contributed by atoms with Gasteiger partial charge in [0.2, 0.25) is 5.75 Å². The fourth-order valence-electron chi connectivity index (χ4n) is 3.73. The number of ether oxygens (including phenoxy) is 3. The normalized spacial score (nSPS) is 10.8. The Kier molecular flexibility index (Phi) is 7.41. The first kappa shape index (κ1) is 23.2. The van der Waals surface area contributed by atoms with Gasteiger partial charge in [0.15, 0.2) is 11.5 Å². The summed E-state index contributed by atoms with van der Waals surface area (Å²) in [5, 5.41) is 3.85. The highest BCUT2D eigenvalue weighted by Gasteiger charge is 2.19. The van der Waals surface area contributed by atoms with Crippen LogP contribution in [0.25, 0.3) is 10.9 Å². The lowest BCUT2D eigenvalue weighted by Crippen LogP contribution is -2.15. The van der Waals surface area contributed by atoms with E-state index >= 15 is 0 Å². The second-order valence-electron chi connectivity index (χ2n) is 7.23. The van der Waals surface area contributed by atoms with Crippen LogP contribution in [0.2, 0.25) is 0 Å². The Hall–Kier alpha value is -3.48. The number of aromatic amines is 1. The molecule has 0 unspecified atom stereocenters. The average Bonchev–Trinajstić information content (AvgIpc) is 2.76. The number of carbonyl (C=O) groups excluding carboxylic acids is 1. The quantitative estimate of drug-likeness (QED) is 0.499. The Morgan fingerprint density at radius 1 is 0.938 bits per heavy atom. The molecule has 2 N–H and O–H groups in total. The van der Waals surface area contributed by atoms with Crippen molar-refractivity contribution in [2.75, 3.05) is 25.1 Å². The fraction of sp³-hybridized carbons (Fsp3) is 0.360. The number of benzene rings is 2. The van der Waals surface area contributed by atoms with E-state index in [-0.39, 0.29) is 11.5 Å². The third kappa shape index (κ3) is 4.72. The van der Waals surface area contributed by atoms with Crippen LogP contribution in [0.1, 0.15) is 49.2 Å². The molecule has 0 atom stereocenters. The van der Waals surface area contributed by atoms with Gasteiger partial charge in [-0.1, -0.05) is 13.0 Å². The molecule has 0 fully saturated rings. The summed E-state index contributed by atoms with van der Waals surface area (Å²) >= 11 is 0. The van der Waals surface area contributed by atoms with Gasteiger partial charge < -0.3 is 24.5 Å². The zero-order valence-corrected chi connectivity index (χ0v) is 19.3. The molecule has 170 valence electrons. The van der Waals surface area contributed by atoms with Crippen molar-refractivity contribution in [2.24, 2.45) is 0 Å². The first-order chi connectivity index (χ1) is 15.4. The molecular formula is C25H30N2O5. The second-order valence-corrected chi connectivity index (χ2v) is 7.23. The zero-order chi connectivity index (χ0) is 23.3. The predicted molar refractivity (Wildman–Crippen MR) is 127 cm³/mol. The number of anilines is 1. The Morgan fingerprint density at radius 3 is 2.12 bits per heavy atom. The molecule has 32 heavy (non-hydrogen) atoms. The molecular weight excluding hydrogens is 408 g/mol. The smallest absolute Gasteiger partial charge is 0.255 e. The van der Waals surface area contributed by atoms with Crippen molar-refractivity contribution in [1.82, 2.24) is 4.98 Å². The van der Waals surface area contributed by atoms with Crippen LogP contribution in [0.15, 0.2) is 35.1 Å². The van der Waals surface area contributed by atoms with Crippen LogP contribution in [0.4, 0.5) is 5.69 Å². The van der Waals surface area contributed by atoms with Gasteiger partial charge in [0.25, 0.3) is 11.5 Å². The molecule has 3 aromatic rings. The number of hydrogen-bond acceptors (Lipinski definition) is 5. The highest BCUT2D eigenvalue weighted by atomic mass is 16.5. The van der Waals surface area contributed by atoms with E-state index in [2.05, 4.69) is 10.3 Å². The number of fused-ring (bicyclic) bond motifs is 1. The molecule has 0 radical (unpaired) electrons. The number of aryl methyl sites for hydroxylation is 1. The molecule has 0 bridgehead atoms. The minimum absolute atomic E-state index is 0.102. The summed E-state index contributed by atoms with van der Waals surface area (Å²) in [4.78, 5) is 28.3. The maximum Gasteiger partial charge on any atom is 0.255 e. The van der Waals surface area contributed by atoms with Crippen LogP contribution >= 0.6 is 0 Å². The van der Waals surface area contributed by atoms with Gasteiger partial charge in [0.05, 0.1) is 25.3 Å². The van der Waals surface area contributed by atoms with Crippen LogP contribution in [0, 0.1) is 6.92 Å². The third-order valence-corrected chi connectivity index (χ3v) is 5.18. The van der Waals surface area contributed by atoms with Gasteiger partial charge in [-0.3, -0.25) is 9.59 Å². The summed E-state index contributed by atoms with van der Waals surface area (Å²) in [6.07, 6.45) is 0.664. The van der Waals surface area contributed by atoms with Crippen molar-refractivity contribution in [2.45, 2.75) is 41.0 Å². The van der Waals surface area contributed by atoms with Crippen molar-refractivity contribution in [3.63, 3.8) is 0 Å². The van der Waals surface area contributed by atoms with Gasteiger partial charge in [-0.05, 0) is 63.9 Å². The van der Waals surface area contributed by atoms with E-state index in [1.807, 2.05) is 46.8 Å². The number of H-pyrrole nitrogens is 1. The molecule has 0 saturated heterocycles. The molecule has 0 aliphatic rings. The van der Waals surface area contributed by atoms with E-state index in [0.29, 0.717) is 60.3 Å². The fourth-order valence-corrected chi connectivity index (χ4v) is 3.73. The zero-order valence-electron chi connectivity index (χ0n) is 19.3. The monoisotopic (exact) mass is 438 g/mol. The van der Waals surface area contributed by atoms with Crippen molar-refractivity contribution < 1.29 is 19.0 Å². The summed E-state index contributed by atoms with van der Waals surface area (Å²) in [7, 11) is 0. The van der Waals surface area contributed by atoms with Crippen LogP contribution in [-0.2, 0) is 6.42 Å². The van der Waals surface area contributed by atoms with Gasteiger partial charge in [-0.15, -0.1) is 0 Å². The number of carbonyl (C=O) groups is 1. The highest BCUT2D eigenvalue weighted by Crippen LogP contribution is 2.39. The van der Waals surface area contributed by atoms with Gasteiger partial charge in [0.1, 0.15) is 0 Å². The molecule has 0 spiro atoms. The standard InChI is InChI=1S/C25H30N2O5/c1-6-18-15(5)19-11-10-17(14-20(19)27-25(18)29)26-24(28)16-12-21(30-7-2)23(32-9-4)22(13-16)31-8-3/h10-14H,6-9H2,1-5H3,(H,26,28)(H,27,29). The number of rotatable bonds is 9. The van der Waals surface area contributed by atoms with Gasteiger partial charge >= 0.3 is 0 Å². The van der Waals surface area contributed by atoms with Crippen molar-refractivity contribution in [3.8, 4) is 17.2 Å². The maximum absolute atomic E-state index is 13.0. The van der Waals surface area contributed by atoms with Crippen LogP contribution in [0.5, 0.6) is 17.2 Å². The lowest BCUT2D eigenvalue weighted by molar-refractivity contribution is 0.102. The lowest BCUT2D eigenvalue weighted by Gasteiger charge is -2.17. The molecule has 1 amide bonds. The van der Waals surface area contributed by atoms with E-state index in [1.165, 1.54) is 0 Å². The number of hydrogen-bond donors (Lipinski definition) is 2. The molecule has 3 rings (SSSR count). The predicted octanol–water partition coefficient (Wildman–Crippen LogP) is 4.85. The first-order valence-electron chi connectivity index (χ1n) is 11.0. The van der Waals surface area contributed by atoms with Crippen molar-refractivity contribution in [1.29, 1.82) is 0 Å². The summed E-state index contributed by atoms with van der Waals surface area (Å²) in [6, 6.07) is 8.79. The third-order valence-electron chi connectivity index (χ3n) is 5.18. The lowest BCUT2D eigenvalue weighted by atomic mass is 10.0. The Morgan fingerprint density at radius 2 is 1.56 bits per heavy atom. The molecule has 2 aromatic carbocycles. The molecule has 0 aliphatic heterocycles. The van der Waals surface area contributed by atoms with Crippen LogP contribution in [-0.4, -0.2) is 30.7 Å². The molecule has 7 nitrogen and oxygen atoms in total. The maximum atomic E-state index is 13.0. The Labute approximate surface area is 187 Å². The Balaban J connectivity index is 1.97. The van der Waals surface area contributed by atoms with Gasteiger partial charge in [-0.2, -0.15) is 0 Å². The topological polar surface area (TPSA) is 89.7 Å². The van der Waals surface area contributed by atoms with E-state index in [1.54, 1.807) is 18.2 Å². The Bertz CT molecular complexity index is 1160. The summed E-state index contributed by atoms with van der Waals surface area (Å²) in [6.45, 7) is 10.8. The molecule has 1 heterocycles. The first-order valence-corrected chi connectivity index (χ1v) is 11.0.